The Hall–Kier alpha value is -0.990. The van der Waals surface area contributed by atoms with Gasteiger partial charge in [-0.3, -0.25) is 0 Å². The van der Waals surface area contributed by atoms with Gasteiger partial charge in [0.05, 0.1) is 6.20 Å². The molecule has 2 heterocycles. The summed E-state index contributed by atoms with van der Waals surface area (Å²) < 4.78 is 4.97. The third-order valence-corrected chi connectivity index (χ3v) is 1.80. The summed E-state index contributed by atoms with van der Waals surface area (Å²) in [5.74, 6) is 0.873. The van der Waals surface area contributed by atoms with Gasteiger partial charge in [-0.1, -0.05) is 5.16 Å². The van der Waals surface area contributed by atoms with E-state index >= 15 is 0 Å². The van der Waals surface area contributed by atoms with Crippen molar-refractivity contribution < 1.29 is 4.52 Å². The van der Waals surface area contributed by atoms with Crippen LogP contribution in [0.5, 0.6) is 0 Å². The van der Waals surface area contributed by atoms with E-state index in [4.69, 9.17) is 4.52 Å². The van der Waals surface area contributed by atoms with Gasteiger partial charge in [0.1, 0.15) is 0 Å². The average molecular weight is 138 g/mol. The quantitative estimate of drug-likeness (QED) is 0.589. The molecule has 3 heteroatoms. The van der Waals surface area contributed by atoms with Gasteiger partial charge in [0, 0.05) is 12.1 Å². The Morgan fingerprint density at radius 1 is 1.50 bits per heavy atom. The standard InChI is InChI=1S/C7H10N2O/c1-2-4-8-7-6(3-1)5-9-10-7/h5,8H,1-4H2. The number of rotatable bonds is 0. The van der Waals surface area contributed by atoms with Crippen molar-refractivity contribution in [2.24, 2.45) is 0 Å². The third kappa shape index (κ3) is 0.875. The van der Waals surface area contributed by atoms with E-state index in [1.807, 2.05) is 0 Å². The minimum Gasteiger partial charge on any atom is -0.354 e. The molecular weight excluding hydrogens is 128 g/mol. The minimum absolute atomic E-state index is 0.873. The number of fused-ring (bicyclic) bond motifs is 1. The van der Waals surface area contributed by atoms with E-state index < -0.39 is 0 Å². The first-order chi connectivity index (χ1) is 4.97. The average Bonchev–Trinajstić information content (AvgIpc) is 2.28. The minimum atomic E-state index is 0.873. The molecule has 0 atom stereocenters. The van der Waals surface area contributed by atoms with Crippen molar-refractivity contribution in [2.45, 2.75) is 19.3 Å². The molecule has 0 unspecified atom stereocenters. The lowest BCUT2D eigenvalue weighted by Gasteiger charge is -1.94. The molecule has 0 aromatic carbocycles. The van der Waals surface area contributed by atoms with Crippen molar-refractivity contribution in [3.63, 3.8) is 0 Å². The van der Waals surface area contributed by atoms with Gasteiger partial charge in [0.25, 0.3) is 0 Å². The van der Waals surface area contributed by atoms with Gasteiger partial charge in [0.2, 0.25) is 5.88 Å². The van der Waals surface area contributed by atoms with Crippen molar-refractivity contribution >= 4 is 5.88 Å². The Morgan fingerprint density at radius 2 is 2.50 bits per heavy atom. The van der Waals surface area contributed by atoms with Crippen molar-refractivity contribution in [1.82, 2.24) is 5.16 Å². The summed E-state index contributed by atoms with van der Waals surface area (Å²) in [5, 5.41) is 6.88. The molecule has 0 spiro atoms. The van der Waals surface area contributed by atoms with Gasteiger partial charge < -0.3 is 9.84 Å². The van der Waals surface area contributed by atoms with E-state index in [0.717, 1.165) is 18.8 Å². The van der Waals surface area contributed by atoms with Gasteiger partial charge in [0.15, 0.2) is 0 Å². The molecule has 10 heavy (non-hydrogen) atoms. The zero-order valence-corrected chi connectivity index (χ0v) is 5.76. The lowest BCUT2D eigenvalue weighted by molar-refractivity contribution is 0.432. The maximum absolute atomic E-state index is 4.97. The second-order valence-corrected chi connectivity index (χ2v) is 2.56. The fourth-order valence-electron chi connectivity index (χ4n) is 1.23. The van der Waals surface area contributed by atoms with Crippen LogP contribution in [-0.4, -0.2) is 11.7 Å². The van der Waals surface area contributed by atoms with Gasteiger partial charge >= 0.3 is 0 Å². The summed E-state index contributed by atoms with van der Waals surface area (Å²) >= 11 is 0. The zero-order chi connectivity index (χ0) is 6.81. The predicted molar refractivity (Wildman–Crippen MR) is 37.9 cm³/mol. The third-order valence-electron chi connectivity index (χ3n) is 1.80. The summed E-state index contributed by atoms with van der Waals surface area (Å²) in [7, 11) is 0. The van der Waals surface area contributed by atoms with Crippen LogP contribution in [0.25, 0.3) is 0 Å². The predicted octanol–water partition coefficient (Wildman–Crippen LogP) is 1.42. The van der Waals surface area contributed by atoms with E-state index in [1.165, 1.54) is 18.4 Å². The Labute approximate surface area is 59.4 Å². The molecule has 1 aromatic rings. The zero-order valence-electron chi connectivity index (χ0n) is 5.76. The largest absolute Gasteiger partial charge is 0.354 e. The molecule has 0 radical (unpaired) electrons. The topological polar surface area (TPSA) is 38.1 Å². The molecule has 3 nitrogen and oxygen atoms in total. The lowest BCUT2D eigenvalue weighted by atomic mass is 10.2. The highest BCUT2D eigenvalue weighted by molar-refractivity contribution is 5.39. The van der Waals surface area contributed by atoms with Gasteiger partial charge in [-0.05, 0) is 19.3 Å². The Kier molecular flexibility index (Phi) is 1.34. The summed E-state index contributed by atoms with van der Waals surface area (Å²) in [5.41, 5.74) is 1.22. The Balaban J connectivity index is 2.28. The molecular formula is C7H10N2O. The molecule has 0 saturated carbocycles. The maximum Gasteiger partial charge on any atom is 0.227 e. The van der Waals surface area contributed by atoms with Crippen LogP contribution < -0.4 is 5.32 Å². The fraction of sp³-hybridized carbons (Fsp3) is 0.571. The molecule has 0 fully saturated rings. The highest BCUT2D eigenvalue weighted by Crippen LogP contribution is 2.19. The molecule has 0 aliphatic carbocycles. The Morgan fingerprint density at radius 3 is 3.50 bits per heavy atom. The number of anilines is 1. The summed E-state index contributed by atoms with van der Waals surface area (Å²) in [6.07, 6.45) is 5.37. The van der Waals surface area contributed by atoms with Gasteiger partial charge in [-0.25, -0.2) is 0 Å². The number of hydrogen-bond acceptors (Lipinski definition) is 3. The van der Waals surface area contributed by atoms with Crippen LogP contribution in [0.15, 0.2) is 10.7 Å². The van der Waals surface area contributed by atoms with Crippen LogP contribution in [0, 0.1) is 0 Å². The van der Waals surface area contributed by atoms with Crippen molar-refractivity contribution in [2.75, 3.05) is 11.9 Å². The normalized spacial score (nSPS) is 17.2. The highest BCUT2D eigenvalue weighted by Gasteiger charge is 2.09. The fourth-order valence-corrected chi connectivity index (χ4v) is 1.23. The van der Waals surface area contributed by atoms with Crippen LogP contribution in [0.4, 0.5) is 5.88 Å². The van der Waals surface area contributed by atoms with Crippen LogP contribution in [0.1, 0.15) is 18.4 Å². The molecule has 1 aliphatic heterocycles. The number of hydrogen-bond donors (Lipinski definition) is 1. The first-order valence-corrected chi connectivity index (χ1v) is 3.64. The van der Waals surface area contributed by atoms with Gasteiger partial charge in [-0.2, -0.15) is 0 Å². The number of aryl methyl sites for hydroxylation is 1. The second-order valence-electron chi connectivity index (χ2n) is 2.56. The highest BCUT2D eigenvalue weighted by atomic mass is 16.5. The van der Waals surface area contributed by atoms with Crippen molar-refractivity contribution in [3.8, 4) is 0 Å². The SMILES string of the molecule is c1noc2c1CCCCN2. The van der Waals surface area contributed by atoms with E-state index in [2.05, 4.69) is 10.5 Å². The first kappa shape index (κ1) is 5.77. The summed E-state index contributed by atoms with van der Waals surface area (Å²) in [6, 6.07) is 0. The molecule has 54 valence electrons. The lowest BCUT2D eigenvalue weighted by Crippen LogP contribution is -1.97. The van der Waals surface area contributed by atoms with Crippen molar-refractivity contribution in [1.29, 1.82) is 0 Å². The molecule has 1 aliphatic rings. The molecule has 0 saturated heterocycles. The second kappa shape index (κ2) is 2.33. The van der Waals surface area contributed by atoms with E-state index in [0.29, 0.717) is 0 Å². The molecule has 2 rings (SSSR count). The van der Waals surface area contributed by atoms with Gasteiger partial charge in [-0.15, -0.1) is 0 Å². The summed E-state index contributed by atoms with van der Waals surface area (Å²) in [6.45, 7) is 1.02. The number of nitrogens with zero attached hydrogens (tertiary/aromatic N) is 1. The van der Waals surface area contributed by atoms with Crippen LogP contribution in [-0.2, 0) is 6.42 Å². The van der Waals surface area contributed by atoms with Crippen LogP contribution in [0.2, 0.25) is 0 Å². The monoisotopic (exact) mass is 138 g/mol. The summed E-state index contributed by atoms with van der Waals surface area (Å²) in [4.78, 5) is 0. The van der Waals surface area contributed by atoms with Crippen LogP contribution in [0.3, 0.4) is 0 Å². The number of nitrogens with one attached hydrogen (secondary N) is 1. The molecule has 1 aromatic heterocycles. The van der Waals surface area contributed by atoms with Crippen LogP contribution >= 0.6 is 0 Å². The van der Waals surface area contributed by atoms with E-state index in [9.17, 15) is 0 Å². The van der Waals surface area contributed by atoms with Crippen molar-refractivity contribution in [3.05, 3.63) is 11.8 Å². The van der Waals surface area contributed by atoms with E-state index in [1.54, 1.807) is 6.20 Å². The maximum atomic E-state index is 4.97. The molecule has 0 bridgehead atoms. The smallest absolute Gasteiger partial charge is 0.227 e. The molecule has 1 N–H and O–H groups in total. The number of aromatic nitrogens is 1. The Bertz CT molecular complexity index is 199. The molecule has 0 amide bonds. The van der Waals surface area contributed by atoms with E-state index in [-0.39, 0.29) is 0 Å². The first-order valence-electron chi connectivity index (χ1n) is 3.64.